The number of rotatable bonds is 4. The molecule has 1 N–H and O–H groups in total. The number of esters is 1. The van der Waals surface area contributed by atoms with E-state index in [1.807, 2.05) is 0 Å². The number of hydrogen-bond donors (Lipinski definition) is 1. The van der Waals surface area contributed by atoms with Crippen molar-refractivity contribution in [3.05, 3.63) is 12.2 Å². The van der Waals surface area contributed by atoms with Gasteiger partial charge >= 0.3 is 21.1 Å². The van der Waals surface area contributed by atoms with E-state index in [-0.39, 0.29) is 12.5 Å². The van der Waals surface area contributed by atoms with E-state index in [9.17, 15) is 17.6 Å². The standard InChI is InChI=1S/C15H19FO5S/c1-15(16,22(18,19)20)14(17)21-6-8-4-7-5-11(8)13-10-3-2-9(10)12(7)13/h2-3,7-13H,4-6H2,1H3,(H,18,19,20). The monoisotopic (exact) mass is 330 g/mol. The van der Waals surface area contributed by atoms with Crippen molar-refractivity contribution in [1.82, 2.24) is 0 Å². The van der Waals surface area contributed by atoms with E-state index >= 15 is 0 Å². The second kappa shape index (κ2) is 4.32. The van der Waals surface area contributed by atoms with Crippen molar-refractivity contribution >= 4 is 16.1 Å². The van der Waals surface area contributed by atoms with Crippen LogP contribution in [-0.2, 0) is 19.6 Å². The molecule has 0 amide bonds. The van der Waals surface area contributed by atoms with Gasteiger partial charge in [0.2, 0.25) is 0 Å². The lowest BCUT2D eigenvalue weighted by molar-refractivity contribution is -0.155. The molecule has 0 aliphatic heterocycles. The normalized spacial score (nSPS) is 47.0. The summed E-state index contributed by atoms with van der Waals surface area (Å²) in [5.41, 5.74) is 0. The Morgan fingerprint density at radius 1 is 1.32 bits per heavy atom. The number of carbonyl (C=O) groups is 1. The number of carbonyl (C=O) groups excluding carboxylic acids is 1. The van der Waals surface area contributed by atoms with Crippen LogP contribution in [0.25, 0.3) is 0 Å². The zero-order valence-corrected chi connectivity index (χ0v) is 13.0. The first-order chi connectivity index (χ1) is 10.2. The van der Waals surface area contributed by atoms with Crippen molar-refractivity contribution in [1.29, 1.82) is 0 Å². The number of ether oxygens (including phenoxy) is 1. The van der Waals surface area contributed by atoms with Gasteiger partial charge < -0.3 is 4.74 Å². The maximum absolute atomic E-state index is 13.8. The largest absolute Gasteiger partial charge is 0.462 e. The van der Waals surface area contributed by atoms with E-state index in [2.05, 4.69) is 12.2 Å². The average molecular weight is 330 g/mol. The molecule has 2 bridgehead atoms. The lowest BCUT2D eigenvalue weighted by atomic mass is 9.46. The first-order valence-electron chi connectivity index (χ1n) is 7.73. The Labute approximate surface area is 128 Å². The van der Waals surface area contributed by atoms with E-state index < -0.39 is 21.1 Å². The summed E-state index contributed by atoms with van der Waals surface area (Å²) < 4.78 is 49.2. The van der Waals surface area contributed by atoms with E-state index in [4.69, 9.17) is 9.29 Å². The van der Waals surface area contributed by atoms with Gasteiger partial charge in [-0.2, -0.15) is 8.42 Å². The van der Waals surface area contributed by atoms with Crippen molar-refractivity contribution in [3.8, 4) is 0 Å². The lowest BCUT2D eigenvalue weighted by Gasteiger charge is -2.58. The molecule has 4 aliphatic rings. The van der Waals surface area contributed by atoms with E-state index in [1.165, 1.54) is 0 Å². The van der Waals surface area contributed by atoms with Crippen LogP contribution >= 0.6 is 0 Å². The molecule has 5 nitrogen and oxygen atoms in total. The molecule has 4 rings (SSSR count). The third kappa shape index (κ3) is 1.72. The van der Waals surface area contributed by atoms with Gasteiger partial charge in [0.1, 0.15) is 0 Å². The minimum Gasteiger partial charge on any atom is -0.462 e. The Morgan fingerprint density at radius 2 is 1.95 bits per heavy atom. The second-order valence-electron chi connectivity index (χ2n) is 7.34. The first kappa shape index (κ1) is 14.6. The molecule has 122 valence electrons. The molecule has 0 aromatic rings. The van der Waals surface area contributed by atoms with Gasteiger partial charge in [-0.15, -0.1) is 0 Å². The topological polar surface area (TPSA) is 80.7 Å². The zero-order valence-electron chi connectivity index (χ0n) is 12.2. The summed E-state index contributed by atoms with van der Waals surface area (Å²) in [5.74, 6) is 2.66. The molecule has 8 unspecified atom stereocenters. The van der Waals surface area contributed by atoms with Crippen molar-refractivity contribution in [2.75, 3.05) is 6.61 Å². The molecule has 0 saturated heterocycles. The molecule has 3 saturated carbocycles. The summed E-state index contributed by atoms with van der Waals surface area (Å²) >= 11 is 0. The predicted molar refractivity (Wildman–Crippen MR) is 74.8 cm³/mol. The van der Waals surface area contributed by atoms with Crippen LogP contribution in [0.5, 0.6) is 0 Å². The molecular weight excluding hydrogens is 311 g/mol. The third-order valence-corrected chi connectivity index (χ3v) is 7.57. The fourth-order valence-electron chi connectivity index (χ4n) is 5.30. The van der Waals surface area contributed by atoms with Gasteiger partial charge in [0.25, 0.3) is 0 Å². The number of halogens is 1. The van der Waals surface area contributed by atoms with E-state index in [1.54, 1.807) is 0 Å². The fourth-order valence-corrected chi connectivity index (χ4v) is 5.57. The molecule has 3 fully saturated rings. The van der Waals surface area contributed by atoms with E-state index in [0.29, 0.717) is 30.6 Å². The molecule has 0 aromatic heterocycles. The van der Waals surface area contributed by atoms with Crippen molar-refractivity contribution in [2.24, 2.45) is 41.4 Å². The Bertz CT molecular complexity index is 655. The number of hydrogen-bond acceptors (Lipinski definition) is 4. The van der Waals surface area contributed by atoms with Crippen LogP contribution in [0.3, 0.4) is 0 Å². The van der Waals surface area contributed by atoms with Crippen LogP contribution in [0.2, 0.25) is 0 Å². The van der Waals surface area contributed by atoms with Gasteiger partial charge in [0.05, 0.1) is 6.61 Å². The van der Waals surface area contributed by atoms with Crippen LogP contribution in [-0.4, -0.2) is 30.5 Å². The summed E-state index contributed by atoms with van der Waals surface area (Å²) in [7, 11) is -5.12. The SMILES string of the molecule is CC(F)(C(=O)OCC1CC2CC1C1C3C=CC3C21)S(=O)(=O)O. The molecule has 22 heavy (non-hydrogen) atoms. The molecule has 7 heteroatoms. The van der Waals surface area contributed by atoms with Gasteiger partial charge in [0, 0.05) is 0 Å². The van der Waals surface area contributed by atoms with Crippen molar-refractivity contribution in [2.45, 2.75) is 24.8 Å². The Kier molecular flexibility index (Phi) is 2.87. The highest BCUT2D eigenvalue weighted by Crippen LogP contribution is 2.70. The maximum Gasteiger partial charge on any atom is 0.362 e. The van der Waals surface area contributed by atoms with Gasteiger partial charge in [-0.1, -0.05) is 12.2 Å². The Balaban J connectivity index is 1.38. The maximum atomic E-state index is 13.8. The molecular formula is C15H19FO5S. The minimum atomic E-state index is -5.12. The summed E-state index contributed by atoms with van der Waals surface area (Å²) in [6.45, 7) is 0.552. The highest BCUT2D eigenvalue weighted by atomic mass is 32.2. The minimum absolute atomic E-state index is 0.0410. The lowest BCUT2D eigenvalue weighted by Crippen LogP contribution is -2.54. The smallest absolute Gasteiger partial charge is 0.362 e. The zero-order chi connectivity index (χ0) is 15.9. The van der Waals surface area contributed by atoms with Crippen LogP contribution in [0.1, 0.15) is 19.8 Å². The van der Waals surface area contributed by atoms with Crippen LogP contribution in [0.15, 0.2) is 12.2 Å². The molecule has 0 radical (unpaired) electrons. The molecule has 0 aromatic carbocycles. The van der Waals surface area contributed by atoms with Gasteiger partial charge in [-0.05, 0) is 61.2 Å². The molecule has 4 aliphatic carbocycles. The summed E-state index contributed by atoms with van der Waals surface area (Å²) in [4.78, 5) is 11.6. The summed E-state index contributed by atoms with van der Waals surface area (Å²) in [6, 6.07) is 0. The second-order valence-corrected chi connectivity index (χ2v) is 9.06. The third-order valence-electron chi connectivity index (χ3n) is 6.44. The highest BCUT2D eigenvalue weighted by molar-refractivity contribution is 7.87. The number of allylic oxidation sites excluding steroid dienone is 2. The van der Waals surface area contributed by atoms with Crippen molar-refractivity contribution in [3.63, 3.8) is 0 Å². The summed E-state index contributed by atoms with van der Waals surface area (Å²) in [6.07, 6.45) is 6.65. The summed E-state index contributed by atoms with van der Waals surface area (Å²) in [5, 5.41) is -3.40. The van der Waals surface area contributed by atoms with Gasteiger partial charge in [0.15, 0.2) is 0 Å². The van der Waals surface area contributed by atoms with Crippen molar-refractivity contribution < 1.29 is 26.9 Å². The molecule has 0 spiro atoms. The Hall–Kier alpha value is -0.950. The average Bonchev–Trinajstić information content (AvgIpc) is 2.91. The number of alkyl halides is 1. The molecule has 0 heterocycles. The van der Waals surface area contributed by atoms with Crippen LogP contribution in [0.4, 0.5) is 4.39 Å². The first-order valence-corrected chi connectivity index (χ1v) is 9.17. The van der Waals surface area contributed by atoms with Crippen LogP contribution < -0.4 is 0 Å². The van der Waals surface area contributed by atoms with Gasteiger partial charge in [-0.25, -0.2) is 9.18 Å². The molecule has 8 atom stereocenters. The Morgan fingerprint density at radius 3 is 2.55 bits per heavy atom. The van der Waals surface area contributed by atoms with Crippen LogP contribution in [0, 0.1) is 41.4 Å². The predicted octanol–water partition coefficient (Wildman–Crippen LogP) is 1.81. The quantitative estimate of drug-likeness (QED) is 0.483. The van der Waals surface area contributed by atoms with E-state index in [0.717, 1.165) is 24.7 Å². The highest BCUT2D eigenvalue weighted by Gasteiger charge is 2.65. The fraction of sp³-hybridized carbons (Fsp3) is 0.800. The number of fused-ring (bicyclic) bond motifs is 8. The van der Waals surface area contributed by atoms with Gasteiger partial charge in [-0.3, -0.25) is 4.55 Å².